The molecule has 2 aliphatic rings. The van der Waals surface area contributed by atoms with E-state index in [1.54, 1.807) is 0 Å². The molecular weight excluding hydrogens is 174 g/mol. The van der Waals surface area contributed by atoms with Crippen LogP contribution in [0.3, 0.4) is 0 Å². The van der Waals surface area contributed by atoms with Crippen LogP contribution in [-0.4, -0.2) is 12.3 Å². The van der Waals surface area contributed by atoms with Gasteiger partial charge in [0.05, 0.1) is 6.61 Å². The summed E-state index contributed by atoms with van der Waals surface area (Å²) in [6.07, 6.45) is 1.10. The quantitative estimate of drug-likeness (QED) is 0.677. The Balaban J connectivity index is 2.22. The first kappa shape index (κ1) is 8.30. The average Bonchev–Trinajstić information content (AvgIpc) is 2.54. The van der Waals surface area contributed by atoms with Crippen LogP contribution < -0.4 is 5.32 Å². The van der Waals surface area contributed by atoms with Gasteiger partial charge in [-0.05, 0) is 25.0 Å². The zero-order valence-corrected chi connectivity index (χ0v) is 8.63. The summed E-state index contributed by atoms with van der Waals surface area (Å²) in [7, 11) is 0. The van der Waals surface area contributed by atoms with Crippen LogP contribution in [0.25, 0.3) is 0 Å². The van der Waals surface area contributed by atoms with Crippen molar-refractivity contribution in [2.45, 2.75) is 31.4 Å². The van der Waals surface area contributed by atoms with Crippen molar-refractivity contribution >= 4 is 5.69 Å². The second-order valence-corrected chi connectivity index (χ2v) is 4.63. The number of hydrogen-bond donors (Lipinski definition) is 1. The molecule has 2 aliphatic heterocycles. The van der Waals surface area contributed by atoms with E-state index in [0.29, 0.717) is 0 Å². The van der Waals surface area contributed by atoms with Crippen LogP contribution in [0.15, 0.2) is 24.3 Å². The molecule has 74 valence electrons. The molecule has 0 aromatic heterocycles. The second-order valence-electron chi connectivity index (χ2n) is 4.63. The molecule has 0 spiro atoms. The molecule has 0 unspecified atom stereocenters. The molecule has 0 radical (unpaired) electrons. The summed E-state index contributed by atoms with van der Waals surface area (Å²) in [6, 6.07) is 8.52. The van der Waals surface area contributed by atoms with E-state index < -0.39 is 0 Å². The smallest absolute Gasteiger partial charge is 0.145 e. The van der Waals surface area contributed by atoms with Crippen LogP contribution in [0.1, 0.15) is 25.8 Å². The van der Waals surface area contributed by atoms with Gasteiger partial charge in [0, 0.05) is 11.1 Å². The van der Waals surface area contributed by atoms with E-state index >= 15 is 0 Å². The van der Waals surface area contributed by atoms with E-state index in [9.17, 15) is 0 Å². The van der Waals surface area contributed by atoms with Crippen molar-refractivity contribution in [3.63, 3.8) is 0 Å². The molecule has 2 atom stereocenters. The number of ether oxygens (including phenoxy) is 1. The number of rotatable bonds is 0. The number of para-hydroxylation sites is 1. The topological polar surface area (TPSA) is 21.3 Å². The summed E-state index contributed by atoms with van der Waals surface area (Å²) in [4.78, 5) is 0. The molecular formula is C12H15NO. The van der Waals surface area contributed by atoms with Crippen molar-refractivity contribution in [2.75, 3.05) is 11.9 Å². The maximum absolute atomic E-state index is 5.84. The highest BCUT2D eigenvalue weighted by Gasteiger charge is 2.56. The highest BCUT2D eigenvalue weighted by molar-refractivity contribution is 5.63. The molecule has 3 rings (SSSR count). The largest absolute Gasteiger partial charge is 0.357 e. The van der Waals surface area contributed by atoms with Gasteiger partial charge in [-0.2, -0.15) is 0 Å². The Bertz CT molecular complexity index is 390. The van der Waals surface area contributed by atoms with Crippen molar-refractivity contribution in [3.8, 4) is 0 Å². The van der Waals surface area contributed by atoms with Gasteiger partial charge in [0.1, 0.15) is 5.72 Å². The molecule has 2 nitrogen and oxygen atoms in total. The maximum atomic E-state index is 5.84. The number of hydrogen-bond acceptors (Lipinski definition) is 2. The Morgan fingerprint density at radius 3 is 2.93 bits per heavy atom. The van der Waals surface area contributed by atoms with Crippen molar-refractivity contribution in [3.05, 3.63) is 29.8 Å². The summed E-state index contributed by atoms with van der Waals surface area (Å²) >= 11 is 0. The van der Waals surface area contributed by atoms with Gasteiger partial charge in [0.2, 0.25) is 0 Å². The lowest BCUT2D eigenvalue weighted by atomic mass is 9.76. The van der Waals surface area contributed by atoms with Crippen molar-refractivity contribution in [2.24, 2.45) is 0 Å². The van der Waals surface area contributed by atoms with Gasteiger partial charge in [0.15, 0.2) is 0 Å². The molecule has 1 N–H and O–H groups in total. The van der Waals surface area contributed by atoms with Crippen LogP contribution in [0.4, 0.5) is 5.69 Å². The Morgan fingerprint density at radius 1 is 1.29 bits per heavy atom. The normalized spacial score (nSPS) is 39.0. The average molecular weight is 189 g/mol. The standard InChI is InChI=1S/C12H15NO/c1-11-7-8-14-12(11,2)13-10-6-4-3-5-9(10)11/h3-6,13H,7-8H2,1-2H3/t11-,12-/m1/s1. The van der Waals surface area contributed by atoms with Crippen molar-refractivity contribution in [1.29, 1.82) is 0 Å². The van der Waals surface area contributed by atoms with Crippen LogP contribution >= 0.6 is 0 Å². The van der Waals surface area contributed by atoms with Crippen LogP contribution in [0.5, 0.6) is 0 Å². The lowest BCUT2D eigenvalue weighted by Gasteiger charge is -2.32. The molecule has 1 fully saturated rings. The SMILES string of the molecule is C[C@]12Nc3ccccc3[C@@]1(C)CCO2. The number of benzene rings is 1. The van der Waals surface area contributed by atoms with Crippen LogP contribution in [0, 0.1) is 0 Å². The predicted molar refractivity (Wildman–Crippen MR) is 56.4 cm³/mol. The number of nitrogens with one attached hydrogen (secondary N) is 1. The monoisotopic (exact) mass is 189 g/mol. The minimum atomic E-state index is -0.198. The highest BCUT2D eigenvalue weighted by Crippen LogP contribution is 2.53. The first-order valence-corrected chi connectivity index (χ1v) is 5.17. The third kappa shape index (κ3) is 0.758. The van der Waals surface area contributed by atoms with E-state index in [4.69, 9.17) is 4.74 Å². The molecule has 14 heavy (non-hydrogen) atoms. The predicted octanol–water partition coefficient (Wildman–Crippen LogP) is 2.51. The molecule has 0 aliphatic carbocycles. The molecule has 0 saturated carbocycles. The first-order chi connectivity index (χ1) is 6.66. The van der Waals surface area contributed by atoms with Crippen molar-refractivity contribution in [1.82, 2.24) is 0 Å². The zero-order valence-electron chi connectivity index (χ0n) is 8.63. The molecule has 1 aromatic carbocycles. The Kier molecular flexibility index (Phi) is 1.37. The van der Waals surface area contributed by atoms with Crippen LogP contribution in [-0.2, 0) is 10.2 Å². The summed E-state index contributed by atoms with van der Waals surface area (Å²) in [5.74, 6) is 0. The van der Waals surface area contributed by atoms with Gasteiger partial charge in [-0.25, -0.2) is 0 Å². The lowest BCUT2D eigenvalue weighted by molar-refractivity contribution is 0.0182. The van der Waals surface area contributed by atoms with E-state index in [0.717, 1.165) is 13.0 Å². The summed E-state index contributed by atoms with van der Waals surface area (Å²) in [5, 5.41) is 3.49. The van der Waals surface area contributed by atoms with Crippen molar-refractivity contribution < 1.29 is 4.74 Å². The van der Waals surface area contributed by atoms with Gasteiger partial charge in [0.25, 0.3) is 0 Å². The summed E-state index contributed by atoms with van der Waals surface area (Å²) < 4.78 is 5.84. The van der Waals surface area contributed by atoms with E-state index in [2.05, 4.69) is 43.4 Å². The maximum Gasteiger partial charge on any atom is 0.145 e. The third-order valence-electron chi connectivity index (χ3n) is 3.94. The fourth-order valence-corrected chi connectivity index (χ4v) is 2.75. The second kappa shape index (κ2) is 2.31. The fraction of sp³-hybridized carbons (Fsp3) is 0.500. The first-order valence-electron chi connectivity index (χ1n) is 5.17. The molecule has 1 saturated heterocycles. The van der Waals surface area contributed by atoms with Gasteiger partial charge in [-0.3, -0.25) is 0 Å². The Hall–Kier alpha value is -1.02. The fourth-order valence-electron chi connectivity index (χ4n) is 2.75. The van der Waals surface area contributed by atoms with E-state index in [1.165, 1.54) is 11.3 Å². The molecule has 0 bridgehead atoms. The molecule has 1 aromatic rings. The zero-order chi connectivity index (χ0) is 9.81. The Morgan fingerprint density at radius 2 is 2.07 bits per heavy atom. The molecule has 2 heterocycles. The van der Waals surface area contributed by atoms with Gasteiger partial charge < -0.3 is 10.1 Å². The summed E-state index contributed by atoms with van der Waals surface area (Å²) in [6.45, 7) is 5.30. The number of anilines is 1. The van der Waals surface area contributed by atoms with Gasteiger partial charge in [-0.15, -0.1) is 0 Å². The van der Waals surface area contributed by atoms with E-state index in [1.807, 2.05) is 0 Å². The van der Waals surface area contributed by atoms with Crippen LogP contribution in [0.2, 0.25) is 0 Å². The Labute approximate surface area is 84.3 Å². The molecule has 2 heteroatoms. The van der Waals surface area contributed by atoms with Gasteiger partial charge in [-0.1, -0.05) is 25.1 Å². The minimum absolute atomic E-state index is 0.142. The highest BCUT2D eigenvalue weighted by atomic mass is 16.5. The number of fused-ring (bicyclic) bond motifs is 3. The third-order valence-corrected chi connectivity index (χ3v) is 3.94. The lowest BCUT2D eigenvalue weighted by Crippen LogP contribution is -2.44. The summed E-state index contributed by atoms with van der Waals surface area (Å²) in [5.41, 5.74) is 2.58. The molecule has 0 amide bonds. The van der Waals surface area contributed by atoms with E-state index in [-0.39, 0.29) is 11.1 Å². The minimum Gasteiger partial charge on any atom is -0.357 e. The van der Waals surface area contributed by atoms with Gasteiger partial charge >= 0.3 is 0 Å².